The second-order valence-electron chi connectivity index (χ2n) is 14.0. The van der Waals surface area contributed by atoms with E-state index in [1.807, 2.05) is 0 Å². The van der Waals surface area contributed by atoms with Crippen LogP contribution in [-0.2, 0) is 31.1 Å². The van der Waals surface area contributed by atoms with E-state index in [2.05, 4.69) is 26.1 Å². The number of nitrogens with zero attached hydrogens (tertiary/aromatic N) is 5. The van der Waals surface area contributed by atoms with E-state index in [1.54, 1.807) is 32.3 Å². The van der Waals surface area contributed by atoms with Crippen molar-refractivity contribution in [2.24, 2.45) is 12.2 Å². The van der Waals surface area contributed by atoms with Crippen LogP contribution in [0.4, 0.5) is 5.13 Å². The number of hydrogen-bond donors (Lipinski definition) is 6. The number of quaternary nitrogens is 1. The van der Waals surface area contributed by atoms with Crippen LogP contribution in [-0.4, -0.2) is 132 Å². The summed E-state index contributed by atoms with van der Waals surface area (Å²) in [7, 11) is 3.27. The number of thiazole rings is 1. The van der Waals surface area contributed by atoms with E-state index in [-0.39, 0.29) is 40.3 Å². The number of rotatable bonds is 14. The molecular weight excluding hydrogens is 757 g/mol. The molecule has 3 aliphatic heterocycles. The fraction of sp³-hybridized carbons (Fsp3) is 0.429. The molecule has 6 N–H and O–H groups in total. The maximum absolute atomic E-state index is 13.6. The average molecular weight is 798 g/mol. The van der Waals surface area contributed by atoms with Crippen molar-refractivity contribution in [3.05, 3.63) is 62.5 Å². The molecule has 1 aromatic carbocycles. The van der Waals surface area contributed by atoms with Crippen molar-refractivity contribution in [1.82, 2.24) is 25.1 Å². The second-order valence-corrected chi connectivity index (χ2v) is 16.0. The summed E-state index contributed by atoms with van der Waals surface area (Å²) >= 11 is 2.49. The number of aromatic nitrogens is 2. The molecule has 3 aliphatic rings. The fourth-order valence-electron chi connectivity index (χ4n) is 7.02. The minimum absolute atomic E-state index is 0.0835. The van der Waals surface area contributed by atoms with E-state index >= 15 is 0 Å². The summed E-state index contributed by atoms with van der Waals surface area (Å²) in [5.74, 6) is -4.61. The highest BCUT2D eigenvalue weighted by molar-refractivity contribution is 8.00. The monoisotopic (exact) mass is 797 g/mol. The topological polar surface area (TPSA) is 242 Å². The van der Waals surface area contributed by atoms with Gasteiger partial charge in [0.1, 0.15) is 29.4 Å². The van der Waals surface area contributed by atoms with Crippen LogP contribution in [0.1, 0.15) is 42.7 Å². The van der Waals surface area contributed by atoms with Crippen LogP contribution in [0.25, 0.3) is 10.9 Å². The lowest BCUT2D eigenvalue weighted by Crippen LogP contribution is -2.71. The zero-order valence-corrected chi connectivity index (χ0v) is 32.1. The molecule has 2 atom stereocenters. The predicted molar refractivity (Wildman–Crippen MR) is 203 cm³/mol. The zero-order chi connectivity index (χ0) is 39.8. The average Bonchev–Trinajstić information content (AvgIpc) is 3.82. The molecule has 2 saturated heterocycles. The number of likely N-dealkylation sites (tertiary alicyclic amines) is 1. The Morgan fingerprint density at radius 3 is 2.53 bits per heavy atom. The van der Waals surface area contributed by atoms with Gasteiger partial charge in [-0.25, -0.2) is 14.6 Å². The van der Waals surface area contributed by atoms with Gasteiger partial charge in [0, 0.05) is 43.6 Å². The van der Waals surface area contributed by atoms with E-state index < -0.39 is 57.9 Å². The van der Waals surface area contributed by atoms with Crippen LogP contribution >= 0.6 is 23.1 Å². The molecule has 0 unspecified atom stereocenters. The van der Waals surface area contributed by atoms with Crippen molar-refractivity contribution in [2.45, 2.75) is 43.7 Å². The number of oxime groups is 1. The molecule has 18 nitrogen and oxygen atoms in total. The number of anilines is 1. The number of para-hydroxylation sites is 1. The lowest BCUT2D eigenvalue weighted by molar-refractivity contribution is -0.911. The number of nitrogens with one attached hydrogen (secondary N) is 3. The third-order valence-corrected chi connectivity index (χ3v) is 12.1. The van der Waals surface area contributed by atoms with E-state index in [4.69, 9.17) is 4.84 Å². The lowest BCUT2D eigenvalue weighted by atomic mass is 10.0. The summed E-state index contributed by atoms with van der Waals surface area (Å²) in [6.45, 7) is 5.08. The third-order valence-electron chi connectivity index (χ3n) is 9.93. The summed E-state index contributed by atoms with van der Waals surface area (Å²) in [5.41, 5.74) is -1.53. The van der Waals surface area contributed by atoms with Gasteiger partial charge in [-0.2, -0.15) is 0 Å². The van der Waals surface area contributed by atoms with Crippen LogP contribution in [0, 0.1) is 0 Å². The molecular formula is C35H41N8O10S2+. The van der Waals surface area contributed by atoms with Crippen molar-refractivity contribution in [1.29, 1.82) is 0 Å². The highest BCUT2D eigenvalue weighted by atomic mass is 32.2. The Morgan fingerprint density at radius 2 is 1.87 bits per heavy atom. The van der Waals surface area contributed by atoms with E-state index in [9.17, 15) is 44.1 Å². The Balaban J connectivity index is 1.17. The number of thioether (sulfide) groups is 1. The van der Waals surface area contributed by atoms with Crippen LogP contribution in [0.3, 0.4) is 0 Å². The molecule has 2 aromatic heterocycles. The largest absolute Gasteiger partial charge is 0.503 e. The quantitative estimate of drug-likeness (QED) is 0.0581. The maximum atomic E-state index is 13.6. The zero-order valence-electron chi connectivity index (χ0n) is 30.5. The van der Waals surface area contributed by atoms with Crippen LogP contribution < -0.4 is 21.4 Å². The molecule has 3 aromatic rings. The number of aliphatic carboxylic acids is 2. The molecule has 0 spiro atoms. The second kappa shape index (κ2) is 15.3. The van der Waals surface area contributed by atoms with E-state index in [0.717, 1.165) is 25.9 Å². The van der Waals surface area contributed by atoms with Gasteiger partial charge in [-0.1, -0.05) is 11.2 Å². The molecule has 3 amide bonds. The number of fused-ring (bicyclic) bond motifs is 2. The Bertz CT molecular complexity index is 2210. The van der Waals surface area contributed by atoms with Crippen LogP contribution in [0.2, 0.25) is 0 Å². The first kappa shape index (κ1) is 39.2. The van der Waals surface area contributed by atoms with Crippen molar-refractivity contribution >= 4 is 74.5 Å². The summed E-state index contributed by atoms with van der Waals surface area (Å²) in [6, 6.07) is 3.63. The number of aryl methyl sites for hydroxylation is 1. The molecule has 0 saturated carbocycles. The van der Waals surface area contributed by atoms with E-state index in [1.165, 1.54) is 58.0 Å². The van der Waals surface area contributed by atoms with Crippen molar-refractivity contribution in [3.8, 4) is 5.75 Å². The number of hydrogen-bond acceptors (Lipinski definition) is 13. The number of carbonyl (C=O) groups is 5. The Hall–Kier alpha value is -5.47. The Kier molecular flexibility index (Phi) is 10.9. The first-order valence-electron chi connectivity index (χ1n) is 17.4. The number of benzene rings is 1. The van der Waals surface area contributed by atoms with Gasteiger partial charge in [-0.05, 0) is 26.0 Å². The number of pyridine rings is 1. The lowest BCUT2D eigenvalue weighted by Gasteiger charge is -2.50. The SMILES string of the molecule is CNc1nc(/C(=N/OC(C)(C)C(=O)O)C(=O)N[C@@H]2C(=O)N3C(C(=O)O)=C(C[N+]4(CCNC(=O)c5cccc6c(=O)c(O)cn(C)c56)CCCC4)CS[C@H]23)cs1. The van der Waals surface area contributed by atoms with Crippen LogP contribution in [0.15, 0.2) is 51.0 Å². The highest BCUT2D eigenvalue weighted by Gasteiger charge is 2.55. The molecule has 5 heterocycles. The molecule has 0 radical (unpaired) electrons. The summed E-state index contributed by atoms with van der Waals surface area (Å²) in [5, 5.41) is 43.6. The van der Waals surface area contributed by atoms with Crippen molar-refractivity contribution in [2.75, 3.05) is 50.8 Å². The highest BCUT2D eigenvalue weighted by Crippen LogP contribution is 2.41. The Labute approximate surface area is 322 Å². The number of carbonyl (C=O) groups excluding carboxylic acids is 3. The van der Waals surface area contributed by atoms with Gasteiger partial charge in [0.15, 0.2) is 16.6 Å². The fourth-order valence-corrected chi connectivity index (χ4v) is 9.02. The number of β-lactam (4-membered cyclic amide) rings is 1. The Morgan fingerprint density at radius 1 is 1.15 bits per heavy atom. The molecule has 2 fully saturated rings. The van der Waals surface area contributed by atoms with Gasteiger partial charge in [-0.3, -0.25) is 24.1 Å². The normalized spacial score (nSPS) is 19.5. The first-order chi connectivity index (χ1) is 26.1. The van der Waals surface area contributed by atoms with Gasteiger partial charge in [-0.15, -0.1) is 23.1 Å². The third kappa shape index (κ3) is 7.61. The number of carboxylic acids is 2. The van der Waals surface area contributed by atoms with Gasteiger partial charge < -0.3 is 45.2 Å². The van der Waals surface area contributed by atoms with Gasteiger partial charge >= 0.3 is 11.9 Å². The molecule has 55 heavy (non-hydrogen) atoms. The predicted octanol–water partition coefficient (Wildman–Crippen LogP) is 1.11. The molecule has 292 valence electrons. The maximum Gasteiger partial charge on any atom is 0.352 e. The number of amides is 3. The van der Waals surface area contributed by atoms with Crippen molar-refractivity contribution in [3.63, 3.8) is 0 Å². The van der Waals surface area contributed by atoms with Crippen LogP contribution in [0.5, 0.6) is 5.75 Å². The minimum Gasteiger partial charge on any atom is -0.503 e. The molecule has 20 heteroatoms. The molecule has 0 aliphatic carbocycles. The standard InChI is InChI=1S/C35H40N8O10S2/c1-35(2,33(51)52)53-40-23(21-17-55-34(36-3)38-21)29(47)39-24-30(48)42-25(32(49)50)18(16-54-31(24)42)15-43(11-5-6-12-43)13-10-37-28(46)20-9-7-8-19-26(20)41(4)14-22(44)27(19)45/h7-9,14,17,24,31H,5-6,10-13,15-16H2,1-4H3,(H5-,36,37,38,39,44,46,47,49,50,51,52)/p+1/b40-23-/t24-,31-/m1/s1. The summed E-state index contributed by atoms with van der Waals surface area (Å²) in [6.07, 6.45) is 3.06. The van der Waals surface area contributed by atoms with Crippen molar-refractivity contribution < 1.29 is 48.6 Å². The van der Waals surface area contributed by atoms with Gasteiger partial charge in [0.25, 0.3) is 17.7 Å². The smallest absolute Gasteiger partial charge is 0.352 e. The molecule has 6 rings (SSSR count). The number of aromatic hydroxyl groups is 1. The molecule has 0 bridgehead atoms. The minimum atomic E-state index is -1.78. The first-order valence-corrected chi connectivity index (χ1v) is 19.3. The summed E-state index contributed by atoms with van der Waals surface area (Å²) < 4.78 is 2.03. The van der Waals surface area contributed by atoms with Gasteiger partial charge in [0.2, 0.25) is 11.0 Å². The van der Waals surface area contributed by atoms with Gasteiger partial charge in [0.05, 0.1) is 48.8 Å². The number of carboxylic acid groups (broad SMARTS) is 2. The summed E-state index contributed by atoms with van der Waals surface area (Å²) in [4.78, 5) is 88.1. The van der Waals surface area contributed by atoms with E-state index in [0.29, 0.717) is 33.8 Å².